The molecular formula is C21H16ClF2N3O4. The van der Waals surface area contributed by atoms with Gasteiger partial charge in [0.25, 0.3) is 11.8 Å². The zero-order valence-corrected chi connectivity index (χ0v) is 16.8. The molecule has 2 aliphatic heterocycles. The molecular weight excluding hydrogens is 432 g/mol. The van der Waals surface area contributed by atoms with Gasteiger partial charge in [-0.2, -0.15) is 0 Å². The van der Waals surface area contributed by atoms with Crippen molar-refractivity contribution in [2.75, 3.05) is 26.2 Å². The number of aromatic nitrogens is 1. The number of fused-ring (bicyclic) bond motifs is 2. The Morgan fingerprint density at radius 2 is 1.58 bits per heavy atom. The Morgan fingerprint density at radius 3 is 2.32 bits per heavy atom. The van der Waals surface area contributed by atoms with Crippen molar-refractivity contribution in [1.29, 1.82) is 0 Å². The van der Waals surface area contributed by atoms with Crippen LogP contribution in [0.4, 0.5) is 8.78 Å². The summed E-state index contributed by atoms with van der Waals surface area (Å²) >= 11 is 6.00. The number of ether oxygens (including phenoxy) is 2. The molecule has 2 aromatic carbocycles. The van der Waals surface area contributed by atoms with Crippen molar-refractivity contribution in [3.63, 3.8) is 0 Å². The predicted molar refractivity (Wildman–Crippen MR) is 108 cm³/mol. The maximum atomic E-state index is 13.2. The van der Waals surface area contributed by atoms with Crippen molar-refractivity contribution in [3.05, 3.63) is 58.7 Å². The molecule has 0 spiro atoms. The van der Waals surface area contributed by atoms with Crippen LogP contribution in [0.15, 0.2) is 42.5 Å². The van der Waals surface area contributed by atoms with E-state index in [4.69, 9.17) is 11.6 Å². The van der Waals surface area contributed by atoms with Crippen LogP contribution in [-0.2, 0) is 0 Å². The van der Waals surface area contributed by atoms with Gasteiger partial charge in [-0.05, 0) is 42.5 Å². The number of H-pyrrole nitrogens is 1. The van der Waals surface area contributed by atoms with Gasteiger partial charge in [0.15, 0.2) is 11.5 Å². The Kier molecular flexibility index (Phi) is 4.51. The van der Waals surface area contributed by atoms with E-state index in [-0.39, 0.29) is 28.9 Å². The fourth-order valence-corrected chi connectivity index (χ4v) is 3.95. The molecule has 5 rings (SSSR count). The second-order valence-electron chi connectivity index (χ2n) is 7.33. The summed E-state index contributed by atoms with van der Waals surface area (Å²) in [6, 6.07) is 11.0. The second kappa shape index (κ2) is 7.12. The third-order valence-corrected chi connectivity index (χ3v) is 5.55. The largest absolute Gasteiger partial charge is 0.586 e. The third kappa shape index (κ3) is 3.65. The molecule has 10 heteroatoms. The normalized spacial score (nSPS) is 17.3. The summed E-state index contributed by atoms with van der Waals surface area (Å²) in [4.78, 5) is 32.0. The molecule has 1 aromatic heterocycles. The summed E-state index contributed by atoms with van der Waals surface area (Å²) in [5.74, 6) is -0.779. The number of benzene rings is 2. The van der Waals surface area contributed by atoms with Gasteiger partial charge in [0, 0.05) is 47.7 Å². The SMILES string of the molecule is O=C(c1ccc2c(c1)OC(F)(F)O2)N1CCN(C(=O)c2cc3cc(Cl)ccc3[nH]2)CC1. The minimum atomic E-state index is -3.73. The van der Waals surface area contributed by atoms with Crippen LogP contribution < -0.4 is 9.47 Å². The number of nitrogens with one attached hydrogen (secondary N) is 1. The van der Waals surface area contributed by atoms with Gasteiger partial charge >= 0.3 is 6.29 Å². The second-order valence-corrected chi connectivity index (χ2v) is 7.76. The molecule has 0 radical (unpaired) electrons. The lowest BCUT2D eigenvalue weighted by molar-refractivity contribution is -0.286. The first-order chi connectivity index (χ1) is 14.8. The van der Waals surface area contributed by atoms with Crippen LogP contribution >= 0.6 is 11.6 Å². The van der Waals surface area contributed by atoms with Crippen molar-refractivity contribution in [2.24, 2.45) is 0 Å². The highest BCUT2D eigenvalue weighted by atomic mass is 35.5. The summed E-state index contributed by atoms with van der Waals surface area (Å²) in [5, 5.41) is 1.43. The topological polar surface area (TPSA) is 74.9 Å². The zero-order chi connectivity index (χ0) is 21.8. The van der Waals surface area contributed by atoms with Crippen molar-refractivity contribution < 1.29 is 27.8 Å². The van der Waals surface area contributed by atoms with Gasteiger partial charge in [0.2, 0.25) is 0 Å². The molecule has 3 aromatic rings. The van der Waals surface area contributed by atoms with Crippen molar-refractivity contribution >= 4 is 34.3 Å². The molecule has 0 aliphatic carbocycles. The molecule has 160 valence electrons. The average Bonchev–Trinajstić information content (AvgIpc) is 3.30. The third-order valence-electron chi connectivity index (χ3n) is 5.32. The molecule has 0 unspecified atom stereocenters. The van der Waals surface area contributed by atoms with E-state index >= 15 is 0 Å². The predicted octanol–water partition coefficient (Wildman–Crippen LogP) is 3.74. The van der Waals surface area contributed by atoms with Crippen LogP contribution in [0.5, 0.6) is 11.5 Å². The van der Waals surface area contributed by atoms with Gasteiger partial charge in [-0.25, -0.2) is 0 Å². The summed E-state index contributed by atoms with van der Waals surface area (Å²) in [5.41, 5.74) is 1.48. The summed E-state index contributed by atoms with van der Waals surface area (Å²) in [6.45, 7) is 1.34. The van der Waals surface area contributed by atoms with E-state index in [1.54, 1.807) is 28.0 Å². The van der Waals surface area contributed by atoms with E-state index in [1.165, 1.54) is 18.2 Å². The van der Waals surface area contributed by atoms with E-state index in [2.05, 4.69) is 14.5 Å². The monoisotopic (exact) mass is 447 g/mol. The number of carbonyl (C=O) groups is 2. The first-order valence-corrected chi connectivity index (χ1v) is 9.94. The maximum Gasteiger partial charge on any atom is 0.586 e. The highest BCUT2D eigenvalue weighted by Crippen LogP contribution is 2.41. The van der Waals surface area contributed by atoms with Crippen molar-refractivity contribution in [2.45, 2.75) is 6.29 Å². The number of carbonyl (C=O) groups excluding carboxylic acids is 2. The van der Waals surface area contributed by atoms with Crippen LogP contribution in [0.1, 0.15) is 20.8 Å². The van der Waals surface area contributed by atoms with Gasteiger partial charge in [0.1, 0.15) is 5.69 Å². The molecule has 0 saturated carbocycles. The number of hydrogen-bond acceptors (Lipinski definition) is 4. The molecule has 1 saturated heterocycles. The first kappa shape index (κ1) is 19.6. The molecule has 0 atom stereocenters. The summed E-state index contributed by atoms with van der Waals surface area (Å²) in [7, 11) is 0. The van der Waals surface area contributed by atoms with Gasteiger partial charge in [-0.3, -0.25) is 9.59 Å². The molecule has 2 aliphatic rings. The van der Waals surface area contributed by atoms with E-state index in [0.29, 0.717) is 36.9 Å². The number of amides is 2. The van der Waals surface area contributed by atoms with Crippen LogP contribution in [0.2, 0.25) is 5.02 Å². The standard InChI is InChI=1S/C21H16ClF2N3O4/c22-14-2-3-15-13(9-14)10-16(25-15)20(29)27-7-5-26(6-8-27)19(28)12-1-4-17-18(11-12)31-21(23,24)30-17/h1-4,9-11,25H,5-8H2. The van der Waals surface area contributed by atoms with Crippen molar-refractivity contribution in [1.82, 2.24) is 14.8 Å². The zero-order valence-electron chi connectivity index (χ0n) is 16.0. The van der Waals surface area contributed by atoms with Gasteiger partial charge in [-0.15, -0.1) is 8.78 Å². The minimum Gasteiger partial charge on any atom is -0.395 e. The lowest BCUT2D eigenvalue weighted by Gasteiger charge is -2.34. The molecule has 0 bridgehead atoms. The highest BCUT2D eigenvalue weighted by molar-refractivity contribution is 6.31. The number of hydrogen-bond donors (Lipinski definition) is 1. The Hall–Kier alpha value is -3.33. The van der Waals surface area contributed by atoms with Gasteiger partial charge in [-0.1, -0.05) is 11.6 Å². The molecule has 1 fully saturated rings. The average molecular weight is 448 g/mol. The minimum absolute atomic E-state index is 0.114. The van der Waals surface area contributed by atoms with E-state index in [1.807, 2.05) is 6.07 Å². The number of alkyl halides is 2. The fraction of sp³-hybridized carbons (Fsp3) is 0.238. The molecule has 2 amide bonds. The summed E-state index contributed by atoms with van der Waals surface area (Å²) in [6.07, 6.45) is -3.73. The Bertz CT molecular complexity index is 1200. The number of aromatic amines is 1. The summed E-state index contributed by atoms with van der Waals surface area (Å²) < 4.78 is 35.1. The van der Waals surface area contributed by atoms with E-state index in [0.717, 1.165) is 10.9 Å². The number of piperazine rings is 1. The number of rotatable bonds is 2. The lowest BCUT2D eigenvalue weighted by Crippen LogP contribution is -2.50. The Labute approximate surface area is 180 Å². The Morgan fingerprint density at radius 1 is 0.903 bits per heavy atom. The van der Waals surface area contributed by atoms with Gasteiger partial charge in [0.05, 0.1) is 0 Å². The quantitative estimate of drug-likeness (QED) is 0.649. The van der Waals surface area contributed by atoms with Crippen LogP contribution in [-0.4, -0.2) is 59.1 Å². The van der Waals surface area contributed by atoms with Crippen LogP contribution in [0, 0.1) is 0 Å². The van der Waals surface area contributed by atoms with Crippen LogP contribution in [0.3, 0.4) is 0 Å². The highest BCUT2D eigenvalue weighted by Gasteiger charge is 2.43. The fourth-order valence-electron chi connectivity index (χ4n) is 3.77. The molecule has 7 nitrogen and oxygen atoms in total. The smallest absolute Gasteiger partial charge is 0.395 e. The maximum absolute atomic E-state index is 13.2. The number of halogens is 3. The van der Waals surface area contributed by atoms with E-state index < -0.39 is 6.29 Å². The first-order valence-electron chi connectivity index (χ1n) is 9.56. The van der Waals surface area contributed by atoms with E-state index in [9.17, 15) is 18.4 Å². The number of nitrogens with zero attached hydrogens (tertiary/aromatic N) is 2. The molecule has 3 heterocycles. The Balaban J connectivity index is 1.25. The molecule has 31 heavy (non-hydrogen) atoms. The van der Waals surface area contributed by atoms with Crippen LogP contribution in [0.25, 0.3) is 10.9 Å². The van der Waals surface area contributed by atoms with Gasteiger partial charge < -0.3 is 24.3 Å². The van der Waals surface area contributed by atoms with Crippen molar-refractivity contribution in [3.8, 4) is 11.5 Å². The lowest BCUT2D eigenvalue weighted by atomic mass is 10.1. The molecule has 1 N–H and O–H groups in total.